The molecule has 0 amide bonds. The summed E-state index contributed by atoms with van der Waals surface area (Å²) in [7, 11) is 0. The molecule has 9 rings (SSSR count). The van der Waals surface area contributed by atoms with Gasteiger partial charge in [-0.25, -0.2) is 0 Å². The Hall–Kier alpha value is -5.93. The molecule has 0 unspecified atom stereocenters. The van der Waals surface area contributed by atoms with Crippen LogP contribution in [0.2, 0.25) is 0 Å². The Kier molecular flexibility index (Phi) is 5.50. The van der Waals surface area contributed by atoms with Crippen molar-refractivity contribution in [1.29, 1.82) is 0 Å². The van der Waals surface area contributed by atoms with Crippen LogP contribution in [0.15, 0.2) is 152 Å². The molecule has 9 aromatic rings. The largest absolute Gasteiger partial charge is 0.264 e. The van der Waals surface area contributed by atoms with Crippen LogP contribution in [0.4, 0.5) is 0 Å². The van der Waals surface area contributed by atoms with Crippen LogP contribution in [0, 0.1) is 0 Å². The number of rotatable bonds is 3. The lowest BCUT2D eigenvalue weighted by Crippen LogP contribution is -1.90. The van der Waals surface area contributed by atoms with Gasteiger partial charge in [0, 0.05) is 46.5 Å². The number of nitrogens with zero attached hydrogens (tertiary/aromatic N) is 3. The first-order chi connectivity index (χ1) is 21.8. The maximum absolute atomic E-state index is 4.94. The molecule has 0 saturated heterocycles. The summed E-state index contributed by atoms with van der Waals surface area (Å²) in [6, 6.07) is 45.9. The van der Waals surface area contributed by atoms with Crippen LogP contribution in [0.1, 0.15) is 0 Å². The SMILES string of the molecule is c1ccc2cc3c(-c4cc(-c5ccc6ccncc6c5)cc(-c5cnc6c(ccc7cccnc76)c5)c4)cccc3cc2c1. The molecule has 0 aliphatic heterocycles. The summed E-state index contributed by atoms with van der Waals surface area (Å²) in [4.78, 5) is 13.9. The summed E-state index contributed by atoms with van der Waals surface area (Å²) in [6.45, 7) is 0. The van der Waals surface area contributed by atoms with Crippen LogP contribution >= 0.6 is 0 Å². The molecule has 3 heteroatoms. The fraction of sp³-hybridized carbons (Fsp3) is 0. The molecule has 0 radical (unpaired) electrons. The fourth-order valence-corrected chi connectivity index (χ4v) is 6.49. The lowest BCUT2D eigenvalue weighted by molar-refractivity contribution is 1.36. The van der Waals surface area contributed by atoms with Gasteiger partial charge in [-0.3, -0.25) is 15.0 Å². The Morgan fingerprint density at radius 2 is 1.07 bits per heavy atom. The van der Waals surface area contributed by atoms with Gasteiger partial charge in [-0.2, -0.15) is 0 Å². The number of pyridine rings is 3. The van der Waals surface area contributed by atoms with Crippen molar-refractivity contribution in [3.63, 3.8) is 0 Å². The highest BCUT2D eigenvalue weighted by molar-refractivity contribution is 6.06. The minimum Gasteiger partial charge on any atom is -0.264 e. The minimum atomic E-state index is 0.922. The van der Waals surface area contributed by atoms with E-state index < -0.39 is 0 Å². The highest BCUT2D eigenvalue weighted by Gasteiger charge is 2.13. The third-order valence-corrected chi connectivity index (χ3v) is 8.72. The minimum absolute atomic E-state index is 0.922. The van der Waals surface area contributed by atoms with Crippen LogP contribution in [0.5, 0.6) is 0 Å². The molecule has 0 atom stereocenters. The Bertz CT molecular complexity index is 2570. The van der Waals surface area contributed by atoms with E-state index in [0.29, 0.717) is 0 Å². The number of hydrogen-bond donors (Lipinski definition) is 0. The second-order valence-corrected chi connectivity index (χ2v) is 11.4. The summed E-state index contributed by atoms with van der Waals surface area (Å²) in [6.07, 6.45) is 7.60. The first-order valence-corrected chi connectivity index (χ1v) is 14.8. The summed E-state index contributed by atoms with van der Waals surface area (Å²) in [5, 5.41) is 9.45. The van der Waals surface area contributed by atoms with Crippen LogP contribution < -0.4 is 0 Å². The maximum Gasteiger partial charge on any atom is 0.0964 e. The van der Waals surface area contributed by atoms with E-state index in [-0.39, 0.29) is 0 Å². The summed E-state index contributed by atoms with van der Waals surface area (Å²) in [5.41, 5.74) is 8.74. The molecule has 44 heavy (non-hydrogen) atoms. The van der Waals surface area contributed by atoms with Gasteiger partial charge in [-0.05, 0) is 109 Å². The zero-order chi connectivity index (χ0) is 29.0. The Labute approximate surface area is 254 Å². The molecule has 0 saturated carbocycles. The average molecular weight is 560 g/mol. The van der Waals surface area contributed by atoms with Gasteiger partial charge in [0.1, 0.15) is 0 Å². The van der Waals surface area contributed by atoms with Gasteiger partial charge in [0.25, 0.3) is 0 Å². The normalized spacial score (nSPS) is 11.6. The average Bonchev–Trinajstić information content (AvgIpc) is 3.09. The molecule has 0 spiro atoms. The lowest BCUT2D eigenvalue weighted by atomic mass is 9.90. The molecule has 204 valence electrons. The van der Waals surface area contributed by atoms with Gasteiger partial charge in [-0.15, -0.1) is 0 Å². The van der Waals surface area contributed by atoms with Gasteiger partial charge in [-0.1, -0.05) is 72.8 Å². The van der Waals surface area contributed by atoms with E-state index in [1.54, 1.807) is 0 Å². The number of fused-ring (bicyclic) bond motifs is 6. The molecule has 6 aromatic carbocycles. The molecule has 3 aromatic heterocycles. The molecule has 3 nitrogen and oxygen atoms in total. The van der Waals surface area contributed by atoms with Crippen LogP contribution in [-0.4, -0.2) is 15.0 Å². The second-order valence-electron chi connectivity index (χ2n) is 11.4. The predicted molar refractivity (Wildman–Crippen MR) is 184 cm³/mol. The third-order valence-electron chi connectivity index (χ3n) is 8.72. The van der Waals surface area contributed by atoms with E-state index in [4.69, 9.17) is 4.98 Å². The molecular formula is C41H25N3. The molecule has 0 N–H and O–H groups in total. The lowest BCUT2D eigenvalue weighted by Gasteiger charge is -2.14. The van der Waals surface area contributed by atoms with Crippen molar-refractivity contribution in [2.24, 2.45) is 0 Å². The fourth-order valence-electron chi connectivity index (χ4n) is 6.49. The maximum atomic E-state index is 4.94. The molecule has 3 heterocycles. The quantitative estimate of drug-likeness (QED) is 0.160. The van der Waals surface area contributed by atoms with E-state index in [1.165, 1.54) is 38.1 Å². The van der Waals surface area contributed by atoms with Crippen molar-refractivity contribution in [2.75, 3.05) is 0 Å². The van der Waals surface area contributed by atoms with Gasteiger partial charge in [0.05, 0.1) is 11.0 Å². The number of benzene rings is 6. The third kappa shape index (κ3) is 4.10. The van der Waals surface area contributed by atoms with E-state index in [0.717, 1.165) is 49.4 Å². The van der Waals surface area contributed by atoms with Crippen LogP contribution in [0.25, 0.3) is 87.5 Å². The standard InChI is InChI=1S/C41H25N3/c1-2-6-29-23-39-31(17-28(29)5-1)7-3-9-38(39)35-21-33(30-12-10-26-14-16-42-24-36(26)18-30)20-34(22-35)37-19-32-13-11-27-8-4-15-43-40(27)41(32)44-25-37/h1-25H. The molecule has 0 fully saturated rings. The number of hydrogen-bond acceptors (Lipinski definition) is 3. The Balaban J connectivity index is 1.29. The Morgan fingerprint density at radius 3 is 2.00 bits per heavy atom. The monoisotopic (exact) mass is 559 g/mol. The summed E-state index contributed by atoms with van der Waals surface area (Å²) >= 11 is 0. The van der Waals surface area contributed by atoms with E-state index in [2.05, 4.69) is 131 Å². The predicted octanol–water partition coefficient (Wildman–Crippen LogP) is 10.6. The van der Waals surface area contributed by atoms with Gasteiger partial charge in [0.2, 0.25) is 0 Å². The molecular weight excluding hydrogens is 534 g/mol. The summed E-state index contributed by atoms with van der Waals surface area (Å²) < 4.78 is 0. The first-order valence-electron chi connectivity index (χ1n) is 14.8. The van der Waals surface area contributed by atoms with Gasteiger partial charge < -0.3 is 0 Å². The van der Waals surface area contributed by atoms with Gasteiger partial charge >= 0.3 is 0 Å². The smallest absolute Gasteiger partial charge is 0.0964 e. The number of aromatic nitrogens is 3. The van der Waals surface area contributed by atoms with E-state index >= 15 is 0 Å². The van der Waals surface area contributed by atoms with Crippen molar-refractivity contribution in [3.05, 3.63) is 152 Å². The Morgan fingerprint density at radius 1 is 0.341 bits per heavy atom. The summed E-state index contributed by atoms with van der Waals surface area (Å²) in [5.74, 6) is 0. The van der Waals surface area contributed by atoms with E-state index in [9.17, 15) is 0 Å². The molecule has 0 aliphatic carbocycles. The van der Waals surface area contributed by atoms with Crippen LogP contribution in [-0.2, 0) is 0 Å². The van der Waals surface area contributed by atoms with Crippen molar-refractivity contribution in [2.45, 2.75) is 0 Å². The second kappa shape index (κ2) is 9.82. The zero-order valence-corrected chi connectivity index (χ0v) is 23.8. The molecule has 0 bridgehead atoms. The van der Waals surface area contributed by atoms with Crippen LogP contribution in [0.3, 0.4) is 0 Å². The van der Waals surface area contributed by atoms with Crippen molar-refractivity contribution < 1.29 is 0 Å². The van der Waals surface area contributed by atoms with Crippen molar-refractivity contribution >= 4 is 54.1 Å². The van der Waals surface area contributed by atoms with E-state index in [1.807, 2.05) is 30.9 Å². The van der Waals surface area contributed by atoms with Gasteiger partial charge in [0.15, 0.2) is 0 Å². The molecule has 0 aliphatic rings. The first kappa shape index (κ1) is 24.6. The van der Waals surface area contributed by atoms with Crippen molar-refractivity contribution in [3.8, 4) is 33.4 Å². The zero-order valence-electron chi connectivity index (χ0n) is 23.8. The topological polar surface area (TPSA) is 38.7 Å². The highest BCUT2D eigenvalue weighted by Crippen LogP contribution is 2.38. The van der Waals surface area contributed by atoms with Crippen molar-refractivity contribution in [1.82, 2.24) is 15.0 Å². The highest BCUT2D eigenvalue weighted by atomic mass is 14.7.